The Morgan fingerprint density at radius 2 is 2.08 bits per heavy atom. The Kier molecular flexibility index (Phi) is 2.02. The van der Waals surface area contributed by atoms with Crippen molar-refractivity contribution < 1.29 is 4.84 Å². The van der Waals surface area contributed by atoms with Crippen LogP contribution in [0.4, 0.5) is 0 Å². The number of benzene rings is 1. The lowest BCUT2D eigenvalue weighted by Crippen LogP contribution is -2.52. The molecule has 1 unspecified atom stereocenters. The highest BCUT2D eigenvalue weighted by Crippen LogP contribution is 2.21. The molecule has 68 valence electrons. The van der Waals surface area contributed by atoms with Crippen LogP contribution in [0.5, 0.6) is 0 Å². The maximum atomic E-state index is 5.46. The van der Waals surface area contributed by atoms with Crippen LogP contribution in [0.1, 0.15) is 5.56 Å². The van der Waals surface area contributed by atoms with Gasteiger partial charge >= 0.3 is 0 Å². The summed E-state index contributed by atoms with van der Waals surface area (Å²) in [5.41, 5.74) is 5.87. The van der Waals surface area contributed by atoms with Gasteiger partial charge in [-0.3, -0.25) is 5.84 Å². The number of nitrogens with two attached hydrogens (primary N) is 1. The van der Waals surface area contributed by atoms with Crippen molar-refractivity contribution in [2.75, 3.05) is 0 Å². The quantitative estimate of drug-likeness (QED) is 0.450. The lowest BCUT2D eigenvalue weighted by molar-refractivity contribution is 0.0800. The smallest absolute Gasteiger partial charge is 0.162 e. The van der Waals surface area contributed by atoms with Crippen LogP contribution in [-0.2, 0) is 10.5 Å². The van der Waals surface area contributed by atoms with Gasteiger partial charge in [0.05, 0.1) is 0 Å². The Bertz CT molecular complexity index is 312. The molecule has 1 heterocycles. The van der Waals surface area contributed by atoms with E-state index in [4.69, 9.17) is 10.7 Å². The fraction of sp³-hybridized carbons (Fsp3) is 0.111. The van der Waals surface area contributed by atoms with E-state index in [9.17, 15) is 0 Å². The van der Waals surface area contributed by atoms with E-state index in [2.05, 4.69) is 10.9 Å². The summed E-state index contributed by atoms with van der Waals surface area (Å²) < 4.78 is 0. The van der Waals surface area contributed by atoms with Crippen molar-refractivity contribution in [2.45, 2.75) is 5.66 Å². The molecule has 1 aromatic rings. The second-order valence-electron chi connectivity index (χ2n) is 2.84. The molecule has 1 aliphatic heterocycles. The summed E-state index contributed by atoms with van der Waals surface area (Å²) in [5.74, 6) is 5.46. The minimum absolute atomic E-state index is 0.596. The summed E-state index contributed by atoms with van der Waals surface area (Å²) in [4.78, 5) is 4.93. The normalized spacial score (nSPS) is 25.9. The van der Waals surface area contributed by atoms with E-state index in [1.165, 1.54) is 0 Å². The van der Waals surface area contributed by atoms with Crippen LogP contribution in [0.3, 0.4) is 0 Å². The number of hydrogen-bond acceptors (Lipinski definition) is 4. The van der Waals surface area contributed by atoms with Crippen molar-refractivity contribution in [3.05, 3.63) is 48.2 Å². The molecule has 0 bridgehead atoms. The highest BCUT2D eigenvalue weighted by Gasteiger charge is 2.31. The van der Waals surface area contributed by atoms with Crippen LogP contribution >= 0.6 is 0 Å². The summed E-state index contributed by atoms with van der Waals surface area (Å²) >= 11 is 0. The summed E-state index contributed by atoms with van der Waals surface area (Å²) in [7, 11) is 0. The van der Waals surface area contributed by atoms with Gasteiger partial charge in [-0.05, 0) is 11.6 Å². The average molecular weight is 177 g/mol. The van der Waals surface area contributed by atoms with Crippen LogP contribution in [0, 0.1) is 0 Å². The minimum Gasteiger partial charge on any atom is -0.414 e. The van der Waals surface area contributed by atoms with Crippen LogP contribution in [-0.4, -0.2) is 0 Å². The third kappa shape index (κ3) is 1.31. The van der Waals surface area contributed by atoms with E-state index >= 15 is 0 Å². The summed E-state index contributed by atoms with van der Waals surface area (Å²) in [6.45, 7) is 0. The number of nitrogens with one attached hydrogen (secondary N) is 2. The number of hydroxylamine groups is 1. The monoisotopic (exact) mass is 177 g/mol. The second-order valence-corrected chi connectivity index (χ2v) is 2.84. The highest BCUT2D eigenvalue weighted by atomic mass is 16.6. The van der Waals surface area contributed by atoms with Gasteiger partial charge in [-0.15, -0.1) is 5.48 Å². The molecule has 0 fully saturated rings. The molecule has 0 amide bonds. The van der Waals surface area contributed by atoms with Crippen LogP contribution in [0.2, 0.25) is 0 Å². The number of hydrazine groups is 1. The standard InChI is InChI=1S/C9H11N3O/c10-11-9(6-7-13-12-9)8-4-2-1-3-5-8/h1-7,11-12H,10H2. The van der Waals surface area contributed by atoms with Crippen molar-refractivity contribution in [3.63, 3.8) is 0 Å². The van der Waals surface area contributed by atoms with Gasteiger partial charge in [-0.25, -0.2) is 5.43 Å². The van der Waals surface area contributed by atoms with Crippen molar-refractivity contribution in [1.29, 1.82) is 0 Å². The van der Waals surface area contributed by atoms with Crippen LogP contribution in [0.15, 0.2) is 42.7 Å². The Balaban J connectivity index is 2.37. The van der Waals surface area contributed by atoms with E-state index in [1.807, 2.05) is 36.4 Å². The Morgan fingerprint density at radius 3 is 2.62 bits per heavy atom. The molecule has 0 saturated heterocycles. The van der Waals surface area contributed by atoms with Gasteiger partial charge < -0.3 is 4.84 Å². The Morgan fingerprint density at radius 1 is 1.31 bits per heavy atom. The van der Waals surface area contributed by atoms with Crippen LogP contribution < -0.4 is 16.7 Å². The molecule has 1 aromatic carbocycles. The summed E-state index contributed by atoms with van der Waals surface area (Å²) in [6.07, 6.45) is 3.38. The molecule has 0 aromatic heterocycles. The minimum atomic E-state index is -0.596. The first kappa shape index (κ1) is 8.25. The molecule has 2 rings (SSSR count). The molecule has 1 aliphatic rings. The average Bonchev–Trinajstić information content (AvgIpc) is 2.69. The molecule has 4 N–H and O–H groups in total. The lowest BCUT2D eigenvalue weighted by Gasteiger charge is -2.25. The molecular formula is C9H11N3O. The maximum Gasteiger partial charge on any atom is 0.162 e. The van der Waals surface area contributed by atoms with Gasteiger partial charge in [0.15, 0.2) is 5.66 Å². The molecule has 0 spiro atoms. The molecule has 4 nitrogen and oxygen atoms in total. The topological polar surface area (TPSA) is 59.3 Å². The van der Waals surface area contributed by atoms with E-state index < -0.39 is 5.66 Å². The fourth-order valence-corrected chi connectivity index (χ4v) is 1.31. The predicted octanol–water partition coefficient (Wildman–Crippen LogP) is 0.351. The van der Waals surface area contributed by atoms with E-state index in [0.29, 0.717) is 0 Å². The van der Waals surface area contributed by atoms with Gasteiger partial charge in [0.2, 0.25) is 0 Å². The highest BCUT2D eigenvalue weighted by molar-refractivity contribution is 5.28. The zero-order valence-corrected chi connectivity index (χ0v) is 7.03. The lowest BCUT2D eigenvalue weighted by atomic mass is 10.0. The van der Waals surface area contributed by atoms with Gasteiger partial charge in [0.1, 0.15) is 6.26 Å². The molecule has 1 atom stereocenters. The zero-order valence-electron chi connectivity index (χ0n) is 7.03. The van der Waals surface area contributed by atoms with E-state index in [-0.39, 0.29) is 0 Å². The van der Waals surface area contributed by atoms with Gasteiger partial charge in [0, 0.05) is 0 Å². The first-order valence-corrected chi connectivity index (χ1v) is 4.01. The SMILES string of the molecule is NNC1(c2ccccc2)C=CON1. The first-order valence-electron chi connectivity index (χ1n) is 4.01. The fourth-order valence-electron chi connectivity index (χ4n) is 1.31. The summed E-state index contributed by atoms with van der Waals surface area (Å²) in [6, 6.07) is 9.77. The Labute approximate surface area is 76.3 Å². The third-order valence-electron chi connectivity index (χ3n) is 2.06. The van der Waals surface area contributed by atoms with Gasteiger partial charge in [-0.2, -0.15) is 0 Å². The van der Waals surface area contributed by atoms with Crippen molar-refractivity contribution in [1.82, 2.24) is 10.9 Å². The molecule has 0 radical (unpaired) electrons. The van der Waals surface area contributed by atoms with Crippen molar-refractivity contribution in [2.24, 2.45) is 5.84 Å². The molecular weight excluding hydrogens is 166 g/mol. The van der Waals surface area contributed by atoms with Gasteiger partial charge in [-0.1, -0.05) is 30.3 Å². The van der Waals surface area contributed by atoms with E-state index in [0.717, 1.165) is 5.56 Å². The molecule has 13 heavy (non-hydrogen) atoms. The van der Waals surface area contributed by atoms with Crippen LogP contribution in [0.25, 0.3) is 0 Å². The predicted molar refractivity (Wildman–Crippen MR) is 48.8 cm³/mol. The molecule has 0 aliphatic carbocycles. The maximum absolute atomic E-state index is 5.46. The summed E-state index contributed by atoms with van der Waals surface area (Å²) in [5, 5.41) is 0. The van der Waals surface area contributed by atoms with E-state index in [1.54, 1.807) is 6.26 Å². The largest absolute Gasteiger partial charge is 0.414 e. The molecule has 0 saturated carbocycles. The Hall–Kier alpha value is -1.36. The second kappa shape index (κ2) is 3.18. The van der Waals surface area contributed by atoms with Crippen molar-refractivity contribution >= 4 is 0 Å². The first-order chi connectivity index (χ1) is 6.37. The van der Waals surface area contributed by atoms with Crippen molar-refractivity contribution in [3.8, 4) is 0 Å². The number of hydrogen-bond donors (Lipinski definition) is 3. The van der Waals surface area contributed by atoms with Gasteiger partial charge in [0.25, 0.3) is 0 Å². The molecule has 4 heteroatoms. The zero-order chi connectivity index (χ0) is 9.15. The number of rotatable bonds is 2. The third-order valence-corrected chi connectivity index (χ3v) is 2.06.